The fourth-order valence-electron chi connectivity index (χ4n) is 7.17. The number of rotatable bonds is 3. The van der Waals surface area contributed by atoms with E-state index >= 15 is 0 Å². The van der Waals surface area contributed by atoms with Crippen LogP contribution in [0, 0.1) is 5.92 Å². The molecule has 0 radical (unpaired) electrons. The summed E-state index contributed by atoms with van der Waals surface area (Å²) in [6.07, 6.45) is 8.65. The van der Waals surface area contributed by atoms with E-state index in [0.717, 1.165) is 70.9 Å². The SMILES string of the molecule is O=C(NC1CCN(C(=O)C2CC2)CC1)NC12CC3CC(Cl)(CC(C1)c1ccccc13)C2. The zero-order chi connectivity index (χ0) is 21.2. The number of hydrogen-bond acceptors (Lipinski definition) is 2. The van der Waals surface area contributed by atoms with Crippen molar-refractivity contribution >= 4 is 23.5 Å². The first-order valence-electron chi connectivity index (χ1n) is 12.1. The van der Waals surface area contributed by atoms with Gasteiger partial charge in [-0.15, -0.1) is 11.6 Å². The van der Waals surface area contributed by atoms with Gasteiger partial charge in [0.2, 0.25) is 5.91 Å². The van der Waals surface area contributed by atoms with E-state index in [1.165, 1.54) is 11.1 Å². The summed E-state index contributed by atoms with van der Waals surface area (Å²) in [6, 6.07) is 8.90. The van der Waals surface area contributed by atoms with Gasteiger partial charge in [-0.25, -0.2) is 4.79 Å². The molecular weight excluding hydrogens is 410 g/mol. The summed E-state index contributed by atoms with van der Waals surface area (Å²) in [6.45, 7) is 1.52. The molecule has 5 nitrogen and oxygen atoms in total. The zero-order valence-corrected chi connectivity index (χ0v) is 18.8. The van der Waals surface area contributed by atoms with Gasteiger partial charge in [-0.2, -0.15) is 0 Å². The molecule has 0 spiro atoms. The van der Waals surface area contributed by atoms with Crippen molar-refractivity contribution in [1.29, 1.82) is 0 Å². The second kappa shape index (κ2) is 7.13. The molecule has 3 amide bonds. The topological polar surface area (TPSA) is 61.4 Å². The van der Waals surface area contributed by atoms with Crippen molar-refractivity contribution in [2.45, 2.75) is 86.1 Å². The number of benzene rings is 1. The Kier molecular flexibility index (Phi) is 4.58. The Hall–Kier alpha value is -1.75. The number of alkyl halides is 1. The summed E-state index contributed by atoms with van der Waals surface area (Å²) in [5.41, 5.74) is 2.68. The molecule has 1 saturated heterocycles. The average molecular weight is 442 g/mol. The van der Waals surface area contributed by atoms with Gasteiger partial charge in [0.15, 0.2) is 0 Å². The van der Waals surface area contributed by atoms with E-state index in [4.69, 9.17) is 11.6 Å². The van der Waals surface area contributed by atoms with Crippen LogP contribution in [0.4, 0.5) is 4.79 Å². The van der Waals surface area contributed by atoms with Crippen LogP contribution in [0.2, 0.25) is 0 Å². The Morgan fingerprint density at radius 1 is 0.935 bits per heavy atom. The minimum Gasteiger partial charge on any atom is -0.342 e. The Balaban J connectivity index is 1.12. The highest BCUT2D eigenvalue weighted by Gasteiger charge is 2.57. The van der Waals surface area contributed by atoms with Crippen LogP contribution in [0.15, 0.2) is 24.3 Å². The fourth-order valence-corrected chi connectivity index (χ4v) is 7.80. The molecule has 4 bridgehead atoms. The smallest absolute Gasteiger partial charge is 0.315 e. The molecule has 2 N–H and O–H groups in total. The van der Waals surface area contributed by atoms with Crippen LogP contribution >= 0.6 is 11.6 Å². The Morgan fingerprint density at radius 3 is 2.13 bits per heavy atom. The van der Waals surface area contributed by atoms with Gasteiger partial charge in [0.05, 0.1) is 0 Å². The summed E-state index contributed by atoms with van der Waals surface area (Å²) in [5.74, 6) is 1.44. The molecule has 7 rings (SSSR count). The normalized spacial score (nSPS) is 36.6. The quantitative estimate of drug-likeness (QED) is 0.688. The third kappa shape index (κ3) is 3.63. The van der Waals surface area contributed by atoms with Crippen molar-refractivity contribution in [3.63, 3.8) is 0 Å². The molecule has 1 aliphatic heterocycles. The van der Waals surface area contributed by atoms with Crippen molar-refractivity contribution in [1.82, 2.24) is 15.5 Å². The van der Waals surface area contributed by atoms with Crippen LogP contribution in [-0.2, 0) is 4.79 Å². The van der Waals surface area contributed by atoms with Gasteiger partial charge >= 0.3 is 6.03 Å². The van der Waals surface area contributed by atoms with E-state index < -0.39 is 0 Å². The molecule has 4 fully saturated rings. The molecule has 0 aromatic heterocycles. The number of piperidine rings is 1. The zero-order valence-electron chi connectivity index (χ0n) is 18.0. The van der Waals surface area contributed by atoms with E-state index in [1.807, 2.05) is 4.90 Å². The van der Waals surface area contributed by atoms with Gasteiger partial charge in [0, 0.05) is 35.5 Å². The lowest BCUT2D eigenvalue weighted by atomic mass is 9.62. The fraction of sp³-hybridized carbons (Fsp3) is 0.680. The maximum absolute atomic E-state index is 13.1. The number of carbonyl (C=O) groups is 2. The molecule has 3 saturated carbocycles. The first-order valence-corrected chi connectivity index (χ1v) is 12.5. The summed E-state index contributed by atoms with van der Waals surface area (Å²) in [5, 5.41) is 6.64. The van der Waals surface area contributed by atoms with Crippen LogP contribution < -0.4 is 10.6 Å². The Morgan fingerprint density at radius 2 is 1.55 bits per heavy atom. The molecule has 6 heteroatoms. The van der Waals surface area contributed by atoms with Crippen LogP contribution in [0.1, 0.15) is 80.8 Å². The van der Waals surface area contributed by atoms with E-state index in [1.54, 1.807) is 0 Å². The van der Waals surface area contributed by atoms with Crippen LogP contribution in [0.25, 0.3) is 0 Å². The van der Waals surface area contributed by atoms with Gasteiger partial charge in [0.25, 0.3) is 0 Å². The van der Waals surface area contributed by atoms with E-state index in [-0.39, 0.29) is 28.4 Å². The highest BCUT2D eigenvalue weighted by Crippen LogP contribution is 2.61. The number of nitrogens with one attached hydrogen (secondary N) is 2. The van der Waals surface area contributed by atoms with E-state index in [0.29, 0.717) is 17.7 Å². The standard InChI is InChI=1S/C25H32ClN3O2/c26-24-11-17-13-25(15-24,14-18(12-24)21-4-2-1-3-20(17)21)28-23(31)27-19-7-9-29(10-8-19)22(30)16-5-6-16/h1-4,16-19H,5-15H2,(H2,27,28,31). The molecule has 5 aliphatic carbocycles. The molecular formula is C25H32ClN3O2. The van der Waals surface area contributed by atoms with Crippen molar-refractivity contribution in [3.8, 4) is 0 Å². The minimum absolute atomic E-state index is 0.0572. The average Bonchev–Trinajstić information content (AvgIpc) is 3.58. The number of amides is 3. The molecule has 6 aliphatic rings. The number of urea groups is 1. The predicted molar refractivity (Wildman–Crippen MR) is 120 cm³/mol. The number of halogens is 1. The monoisotopic (exact) mass is 441 g/mol. The highest BCUT2D eigenvalue weighted by molar-refractivity contribution is 6.24. The van der Waals surface area contributed by atoms with Crippen LogP contribution in [0.5, 0.6) is 0 Å². The van der Waals surface area contributed by atoms with Crippen molar-refractivity contribution in [2.75, 3.05) is 13.1 Å². The lowest BCUT2D eigenvalue weighted by Gasteiger charge is -2.52. The van der Waals surface area contributed by atoms with Gasteiger partial charge < -0.3 is 15.5 Å². The minimum atomic E-state index is -0.223. The lowest BCUT2D eigenvalue weighted by molar-refractivity contribution is -0.133. The largest absolute Gasteiger partial charge is 0.342 e. The molecule has 2 atom stereocenters. The number of hydrogen-bond donors (Lipinski definition) is 2. The summed E-state index contributed by atoms with van der Waals surface area (Å²) in [4.78, 5) is 27.1. The molecule has 31 heavy (non-hydrogen) atoms. The van der Waals surface area contributed by atoms with E-state index in [9.17, 15) is 9.59 Å². The third-order valence-corrected chi connectivity index (χ3v) is 8.92. The predicted octanol–water partition coefficient (Wildman–Crippen LogP) is 4.26. The molecule has 166 valence electrons. The highest BCUT2D eigenvalue weighted by atomic mass is 35.5. The van der Waals surface area contributed by atoms with Gasteiger partial charge in [0.1, 0.15) is 0 Å². The van der Waals surface area contributed by atoms with Crippen molar-refractivity contribution in [3.05, 3.63) is 35.4 Å². The number of likely N-dealkylation sites (tertiary alicyclic amines) is 1. The molecule has 1 aromatic rings. The van der Waals surface area contributed by atoms with Gasteiger partial charge in [-0.05, 0) is 80.8 Å². The maximum atomic E-state index is 13.1. The molecule has 2 unspecified atom stereocenters. The Labute approximate surface area is 189 Å². The summed E-state index contributed by atoms with van der Waals surface area (Å²) in [7, 11) is 0. The number of carbonyl (C=O) groups excluding carboxylic acids is 2. The molecule has 1 heterocycles. The second-order valence-electron chi connectivity index (χ2n) is 10.9. The van der Waals surface area contributed by atoms with Gasteiger partial charge in [-0.3, -0.25) is 4.79 Å². The third-order valence-electron chi connectivity index (χ3n) is 8.48. The summed E-state index contributed by atoms with van der Waals surface area (Å²) >= 11 is 7.16. The van der Waals surface area contributed by atoms with Crippen LogP contribution in [-0.4, -0.2) is 46.4 Å². The number of nitrogens with zero attached hydrogens (tertiary/aromatic N) is 1. The first-order chi connectivity index (χ1) is 14.9. The van der Waals surface area contributed by atoms with Crippen molar-refractivity contribution < 1.29 is 9.59 Å². The Bertz CT molecular complexity index is 871. The van der Waals surface area contributed by atoms with Crippen LogP contribution in [0.3, 0.4) is 0 Å². The molecule has 1 aromatic carbocycles. The van der Waals surface area contributed by atoms with E-state index in [2.05, 4.69) is 34.9 Å². The first kappa shape index (κ1) is 19.9. The summed E-state index contributed by atoms with van der Waals surface area (Å²) < 4.78 is 0. The van der Waals surface area contributed by atoms with Crippen molar-refractivity contribution in [2.24, 2.45) is 5.92 Å². The second-order valence-corrected chi connectivity index (χ2v) is 11.7. The lowest BCUT2D eigenvalue weighted by Crippen LogP contribution is -2.61. The maximum Gasteiger partial charge on any atom is 0.315 e. The van der Waals surface area contributed by atoms with Gasteiger partial charge in [-0.1, -0.05) is 24.3 Å².